The average molecular weight is 441 g/mol. The van der Waals surface area contributed by atoms with Crippen LogP contribution in [-0.4, -0.2) is 77.4 Å². The van der Waals surface area contributed by atoms with Gasteiger partial charge in [-0.1, -0.05) is 20.8 Å². The highest BCUT2D eigenvalue weighted by molar-refractivity contribution is 6.06. The van der Waals surface area contributed by atoms with Crippen molar-refractivity contribution in [1.82, 2.24) is 20.9 Å². The van der Waals surface area contributed by atoms with E-state index in [-0.39, 0.29) is 30.9 Å². The van der Waals surface area contributed by atoms with Crippen LogP contribution in [0.5, 0.6) is 0 Å². The molecule has 13 heteroatoms. The van der Waals surface area contributed by atoms with Crippen LogP contribution in [0, 0.1) is 5.41 Å². The fourth-order valence-electron chi connectivity index (χ4n) is 2.67. The number of carboxylic acids is 1. The first kappa shape index (κ1) is 25.7. The summed E-state index contributed by atoms with van der Waals surface area (Å²) >= 11 is 0. The van der Waals surface area contributed by atoms with Gasteiger partial charge in [0.25, 0.3) is 5.91 Å². The fraction of sp³-hybridized carbons (Fsp3) is 0.667. The highest BCUT2D eigenvalue weighted by atomic mass is 16.4. The molecule has 0 aliphatic carbocycles. The Morgan fingerprint density at radius 2 is 1.90 bits per heavy atom. The number of hydrogen-bond acceptors (Lipinski definition) is 6. The molecular formula is C18H31N7O6. The van der Waals surface area contributed by atoms with Gasteiger partial charge in [0.1, 0.15) is 18.6 Å². The molecule has 1 fully saturated rings. The molecule has 0 unspecified atom stereocenters. The summed E-state index contributed by atoms with van der Waals surface area (Å²) in [6.45, 7) is 5.54. The van der Waals surface area contributed by atoms with Crippen LogP contribution >= 0.6 is 0 Å². The van der Waals surface area contributed by atoms with Crippen molar-refractivity contribution in [3.05, 3.63) is 0 Å². The zero-order valence-electron chi connectivity index (χ0n) is 17.9. The smallest absolute Gasteiger partial charge is 0.325 e. The highest BCUT2D eigenvalue weighted by Crippen LogP contribution is 2.12. The third-order valence-electron chi connectivity index (χ3n) is 4.18. The largest absolute Gasteiger partial charge is 0.481 e. The number of hydrogen-bond donors (Lipinski definition) is 6. The minimum absolute atomic E-state index is 0.0810. The van der Waals surface area contributed by atoms with Gasteiger partial charge in [0.05, 0.1) is 6.42 Å². The molecule has 31 heavy (non-hydrogen) atoms. The maximum Gasteiger partial charge on any atom is 0.325 e. The van der Waals surface area contributed by atoms with E-state index in [1.807, 2.05) is 20.8 Å². The number of amides is 5. The summed E-state index contributed by atoms with van der Waals surface area (Å²) in [5, 5.41) is 16.4. The van der Waals surface area contributed by atoms with Crippen LogP contribution in [0.15, 0.2) is 4.99 Å². The van der Waals surface area contributed by atoms with E-state index in [2.05, 4.69) is 20.9 Å². The van der Waals surface area contributed by atoms with Crippen molar-refractivity contribution in [2.75, 3.05) is 19.6 Å². The SMILES string of the molecule is CC(C)(C)CNC(=O)[C@H](CC(=O)O)NC(=O)CN1C(=O)N[C@@H](CCCN=C(N)N)C1=O. The predicted molar refractivity (Wildman–Crippen MR) is 111 cm³/mol. The van der Waals surface area contributed by atoms with Crippen LogP contribution in [-0.2, 0) is 19.2 Å². The second kappa shape index (κ2) is 11.1. The maximum absolute atomic E-state index is 12.4. The summed E-state index contributed by atoms with van der Waals surface area (Å²) < 4.78 is 0. The molecule has 0 bridgehead atoms. The minimum atomic E-state index is -1.34. The molecule has 0 radical (unpaired) electrons. The molecule has 1 rings (SSSR count). The van der Waals surface area contributed by atoms with Crippen molar-refractivity contribution in [2.45, 2.75) is 52.1 Å². The van der Waals surface area contributed by atoms with E-state index < -0.39 is 54.8 Å². The van der Waals surface area contributed by atoms with Crippen LogP contribution in [0.3, 0.4) is 0 Å². The number of aliphatic imine (C=N–C) groups is 1. The Morgan fingerprint density at radius 3 is 2.45 bits per heavy atom. The number of nitrogens with zero attached hydrogens (tertiary/aromatic N) is 2. The van der Waals surface area contributed by atoms with Gasteiger partial charge in [-0.25, -0.2) is 4.79 Å². The van der Waals surface area contributed by atoms with Crippen LogP contribution < -0.4 is 27.4 Å². The minimum Gasteiger partial charge on any atom is -0.481 e. The van der Waals surface area contributed by atoms with Gasteiger partial charge in [-0.05, 0) is 18.3 Å². The Kier molecular flexibility index (Phi) is 9.21. The van der Waals surface area contributed by atoms with Gasteiger partial charge in [-0.15, -0.1) is 0 Å². The molecule has 0 spiro atoms. The van der Waals surface area contributed by atoms with E-state index in [1.165, 1.54) is 0 Å². The number of aliphatic carboxylic acids is 1. The lowest BCUT2D eigenvalue weighted by atomic mass is 9.97. The summed E-state index contributed by atoms with van der Waals surface area (Å²) in [6, 6.07) is -2.91. The number of guanidine groups is 1. The lowest BCUT2D eigenvalue weighted by Gasteiger charge is -2.22. The van der Waals surface area contributed by atoms with E-state index in [9.17, 15) is 24.0 Å². The van der Waals surface area contributed by atoms with Crippen molar-refractivity contribution >= 4 is 35.7 Å². The topological polar surface area (TPSA) is 209 Å². The van der Waals surface area contributed by atoms with Gasteiger partial charge < -0.3 is 32.5 Å². The van der Waals surface area contributed by atoms with Gasteiger partial charge in [0.15, 0.2) is 5.96 Å². The molecule has 5 amide bonds. The Bertz CT molecular complexity index is 742. The van der Waals surface area contributed by atoms with Gasteiger partial charge in [-0.2, -0.15) is 0 Å². The number of nitrogens with two attached hydrogens (primary N) is 2. The third-order valence-corrected chi connectivity index (χ3v) is 4.18. The molecule has 1 saturated heterocycles. The first-order chi connectivity index (χ1) is 14.3. The van der Waals surface area contributed by atoms with Gasteiger partial charge in [-0.3, -0.25) is 29.1 Å². The van der Waals surface area contributed by atoms with E-state index >= 15 is 0 Å². The number of carbonyl (C=O) groups is 5. The summed E-state index contributed by atoms with van der Waals surface area (Å²) in [7, 11) is 0. The lowest BCUT2D eigenvalue weighted by molar-refractivity contribution is -0.141. The molecule has 1 heterocycles. The summed E-state index contributed by atoms with van der Waals surface area (Å²) in [5.41, 5.74) is 10.2. The molecule has 0 saturated carbocycles. The maximum atomic E-state index is 12.4. The van der Waals surface area contributed by atoms with Gasteiger partial charge >= 0.3 is 12.0 Å². The van der Waals surface area contributed by atoms with E-state index in [1.54, 1.807) is 0 Å². The molecule has 1 aliphatic heterocycles. The van der Waals surface area contributed by atoms with E-state index in [0.717, 1.165) is 0 Å². The van der Waals surface area contributed by atoms with Crippen molar-refractivity contribution in [3.8, 4) is 0 Å². The first-order valence-corrected chi connectivity index (χ1v) is 9.76. The molecule has 8 N–H and O–H groups in total. The Labute approximate surface area is 180 Å². The summed E-state index contributed by atoms with van der Waals surface area (Å²) in [4.78, 5) is 64.6. The zero-order chi connectivity index (χ0) is 23.8. The Hall–Kier alpha value is -3.38. The van der Waals surface area contributed by atoms with Crippen LogP contribution in [0.25, 0.3) is 0 Å². The standard InChI is InChI=1S/C18H31N7O6/c1-18(2,3)9-22-14(29)11(7-13(27)28)23-12(26)8-25-15(30)10(24-17(25)31)5-4-6-21-16(19)20/h10-11H,4-9H2,1-3H3,(H,22,29)(H,23,26)(H,24,31)(H,27,28)(H4,19,20,21)/t10-,11-/m0/s1. The zero-order valence-corrected chi connectivity index (χ0v) is 17.9. The Balaban J connectivity index is 2.66. The number of carboxylic acid groups (broad SMARTS) is 1. The molecule has 0 aromatic carbocycles. The lowest BCUT2D eigenvalue weighted by Crippen LogP contribution is -2.52. The quantitative estimate of drug-likeness (QED) is 0.0919. The predicted octanol–water partition coefficient (Wildman–Crippen LogP) is -1.92. The normalized spacial score (nSPS) is 17.0. The summed E-state index contributed by atoms with van der Waals surface area (Å²) in [5.74, 6) is -3.46. The van der Waals surface area contributed by atoms with E-state index in [0.29, 0.717) is 11.3 Å². The van der Waals surface area contributed by atoms with Crippen molar-refractivity contribution in [3.63, 3.8) is 0 Å². The van der Waals surface area contributed by atoms with Crippen LogP contribution in [0.1, 0.15) is 40.0 Å². The van der Waals surface area contributed by atoms with Crippen LogP contribution in [0.4, 0.5) is 4.79 Å². The monoisotopic (exact) mass is 441 g/mol. The van der Waals surface area contributed by atoms with Crippen molar-refractivity contribution in [2.24, 2.45) is 21.9 Å². The fourth-order valence-corrected chi connectivity index (χ4v) is 2.67. The molecular weight excluding hydrogens is 410 g/mol. The van der Waals surface area contributed by atoms with Crippen molar-refractivity contribution in [1.29, 1.82) is 0 Å². The molecule has 0 aromatic heterocycles. The number of urea groups is 1. The van der Waals surface area contributed by atoms with E-state index in [4.69, 9.17) is 16.6 Å². The van der Waals surface area contributed by atoms with Crippen LogP contribution in [0.2, 0.25) is 0 Å². The number of carbonyl (C=O) groups excluding carboxylic acids is 4. The van der Waals surface area contributed by atoms with Crippen molar-refractivity contribution < 1.29 is 29.1 Å². The molecule has 174 valence electrons. The molecule has 2 atom stereocenters. The number of nitrogens with one attached hydrogen (secondary N) is 3. The molecule has 0 aromatic rings. The molecule has 1 aliphatic rings. The first-order valence-electron chi connectivity index (χ1n) is 9.76. The summed E-state index contributed by atoms with van der Waals surface area (Å²) in [6.07, 6.45) is 0.0643. The van der Waals surface area contributed by atoms with Gasteiger partial charge in [0, 0.05) is 13.1 Å². The second-order valence-electron chi connectivity index (χ2n) is 8.37. The second-order valence-corrected chi connectivity index (χ2v) is 8.37. The average Bonchev–Trinajstić information content (AvgIpc) is 2.89. The highest BCUT2D eigenvalue weighted by Gasteiger charge is 2.39. The van der Waals surface area contributed by atoms with Gasteiger partial charge in [0.2, 0.25) is 11.8 Å². The molecule has 13 nitrogen and oxygen atoms in total. The number of imide groups is 1. The number of rotatable bonds is 11. The third kappa shape index (κ3) is 9.31. The Morgan fingerprint density at radius 1 is 1.26 bits per heavy atom.